The highest BCUT2D eigenvalue weighted by atomic mass is 16.2. The van der Waals surface area contributed by atoms with Gasteiger partial charge in [0.1, 0.15) is 12.1 Å². The van der Waals surface area contributed by atoms with Gasteiger partial charge in [-0.05, 0) is 38.5 Å². The zero-order valence-corrected chi connectivity index (χ0v) is 16.0. The Labute approximate surface area is 164 Å². The molecule has 1 saturated carbocycles. The summed E-state index contributed by atoms with van der Waals surface area (Å²) in [6, 6.07) is 8.71. The first-order chi connectivity index (χ1) is 13.4. The van der Waals surface area contributed by atoms with Gasteiger partial charge in [0.05, 0.1) is 0 Å². The van der Waals surface area contributed by atoms with Crippen molar-refractivity contribution < 1.29 is 19.2 Å². The SMILES string of the molecule is CC1(C2CC2)NC(=O)N(CC(=O)N2CCC(C(=O)c3ccccc3)CC2)C1=O. The zero-order valence-electron chi connectivity index (χ0n) is 16.0. The zero-order chi connectivity index (χ0) is 19.9. The van der Waals surface area contributed by atoms with Gasteiger partial charge >= 0.3 is 6.03 Å². The van der Waals surface area contributed by atoms with E-state index in [0.29, 0.717) is 31.5 Å². The van der Waals surface area contributed by atoms with Crippen molar-refractivity contribution in [3.63, 3.8) is 0 Å². The average molecular weight is 383 g/mol. The standard InChI is InChI=1S/C21H25N3O4/c1-21(16-7-8-16)19(27)24(20(28)22-21)13-17(25)23-11-9-15(10-12-23)18(26)14-5-3-2-4-6-14/h2-6,15-16H,7-13H2,1H3,(H,22,28). The normalized spacial score (nSPS) is 25.8. The molecule has 4 amide bonds. The lowest BCUT2D eigenvalue weighted by Gasteiger charge is -2.32. The smallest absolute Gasteiger partial charge is 0.325 e. The minimum Gasteiger partial charge on any atom is -0.341 e. The molecular formula is C21H25N3O4. The van der Waals surface area contributed by atoms with Crippen molar-refractivity contribution in [1.29, 1.82) is 0 Å². The Morgan fingerprint density at radius 3 is 2.32 bits per heavy atom. The van der Waals surface area contributed by atoms with E-state index in [1.807, 2.05) is 30.3 Å². The van der Waals surface area contributed by atoms with Crippen molar-refractivity contribution in [2.45, 2.75) is 38.1 Å². The third kappa shape index (κ3) is 3.30. The minimum absolute atomic E-state index is 0.0960. The number of amides is 4. The summed E-state index contributed by atoms with van der Waals surface area (Å²) in [6.07, 6.45) is 3.04. The van der Waals surface area contributed by atoms with Gasteiger partial charge in [0.25, 0.3) is 5.91 Å². The summed E-state index contributed by atoms with van der Waals surface area (Å²) in [4.78, 5) is 52.8. The van der Waals surface area contributed by atoms with Crippen LogP contribution < -0.4 is 5.32 Å². The molecule has 3 aliphatic rings. The maximum Gasteiger partial charge on any atom is 0.325 e. The van der Waals surface area contributed by atoms with Crippen LogP contribution >= 0.6 is 0 Å². The van der Waals surface area contributed by atoms with Crippen LogP contribution in [-0.2, 0) is 9.59 Å². The number of nitrogens with one attached hydrogen (secondary N) is 1. The molecule has 7 nitrogen and oxygen atoms in total. The lowest BCUT2D eigenvalue weighted by Crippen LogP contribution is -2.48. The maximum atomic E-state index is 12.7. The summed E-state index contributed by atoms with van der Waals surface area (Å²) in [5, 5.41) is 2.76. The fourth-order valence-corrected chi connectivity index (χ4v) is 4.26. The summed E-state index contributed by atoms with van der Waals surface area (Å²) in [5.74, 6) is -0.358. The average Bonchev–Trinajstić information content (AvgIpc) is 3.54. The molecule has 1 aliphatic carbocycles. The molecule has 3 fully saturated rings. The Balaban J connectivity index is 1.33. The topological polar surface area (TPSA) is 86.8 Å². The van der Waals surface area contributed by atoms with Crippen LogP contribution in [0, 0.1) is 11.8 Å². The Kier molecular flexibility index (Phi) is 4.69. The van der Waals surface area contributed by atoms with Crippen LogP contribution in [0.25, 0.3) is 0 Å². The van der Waals surface area contributed by atoms with E-state index in [-0.39, 0.29) is 36.0 Å². The molecule has 1 aromatic carbocycles. The summed E-state index contributed by atoms with van der Waals surface area (Å²) in [6.45, 7) is 2.44. The summed E-state index contributed by atoms with van der Waals surface area (Å²) >= 11 is 0. The van der Waals surface area contributed by atoms with Crippen molar-refractivity contribution in [3.05, 3.63) is 35.9 Å². The van der Waals surface area contributed by atoms with Crippen LogP contribution in [0.5, 0.6) is 0 Å². The molecule has 2 heterocycles. The molecule has 2 aliphatic heterocycles. The number of ketones is 1. The number of hydrogen-bond donors (Lipinski definition) is 1. The maximum absolute atomic E-state index is 12.7. The summed E-state index contributed by atoms with van der Waals surface area (Å²) in [7, 11) is 0. The van der Waals surface area contributed by atoms with Gasteiger partial charge in [-0.2, -0.15) is 0 Å². The van der Waals surface area contributed by atoms with E-state index < -0.39 is 11.6 Å². The number of Topliss-reactive ketones (excluding diaryl/α,β-unsaturated/α-hetero) is 1. The summed E-state index contributed by atoms with van der Waals surface area (Å²) < 4.78 is 0. The molecular weight excluding hydrogens is 358 g/mol. The Morgan fingerprint density at radius 2 is 1.71 bits per heavy atom. The molecule has 148 valence electrons. The largest absolute Gasteiger partial charge is 0.341 e. The van der Waals surface area contributed by atoms with Gasteiger partial charge in [-0.15, -0.1) is 0 Å². The molecule has 0 aromatic heterocycles. The first kappa shape index (κ1) is 18.7. The fourth-order valence-electron chi connectivity index (χ4n) is 4.26. The van der Waals surface area contributed by atoms with Gasteiger partial charge in [-0.3, -0.25) is 19.3 Å². The molecule has 2 saturated heterocycles. The number of carbonyl (C=O) groups is 4. The van der Waals surface area contributed by atoms with Crippen molar-refractivity contribution >= 4 is 23.6 Å². The first-order valence-electron chi connectivity index (χ1n) is 9.91. The van der Waals surface area contributed by atoms with Crippen LogP contribution in [0.1, 0.15) is 43.0 Å². The number of piperidine rings is 1. The van der Waals surface area contributed by atoms with Crippen LogP contribution in [0.3, 0.4) is 0 Å². The predicted octanol–water partition coefficient (Wildman–Crippen LogP) is 1.83. The fraction of sp³-hybridized carbons (Fsp3) is 0.524. The van der Waals surface area contributed by atoms with Crippen molar-refractivity contribution in [2.75, 3.05) is 19.6 Å². The number of hydrogen-bond acceptors (Lipinski definition) is 4. The van der Waals surface area contributed by atoms with Crippen LogP contribution in [-0.4, -0.2) is 58.6 Å². The number of likely N-dealkylation sites (tertiary alicyclic amines) is 1. The molecule has 1 unspecified atom stereocenters. The number of rotatable bonds is 5. The second kappa shape index (κ2) is 7.04. The van der Waals surface area contributed by atoms with E-state index in [2.05, 4.69) is 5.32 Å². The van der Waals surface area contributed by atoms with Gasteiger partial charge in [0.15, 0.2) is 5.78 Å². The second-order valence-corrected chi connectivity index (χ2v) is 8.18. The van der Waals surface area contributed by atoms with E-state index in [0.717, 1.165) is 17.7 Å². The lowest BCUT2D eigenvalue weighted by atomic mass is 9.89. The van der Waals surface area contributed by atoms with E-state index in [4.69, 9.17) is 0 Å². The quantitative estimate of drug-likeness (QED) is 0.621. The predicted molar refractivity (Wildman–Crippen MR) is 101 cm³/mol. The van der Waals surface area contributed by atoms with Gasteiger partial charge in [0.2, 0.25) is 5.91 Å². The number of carbonyl (C=O) groups excluding carboxylic acids is 4. The number of nitrogens with zero attached hydrogens (tertiary/aromatic N) is 2. The number of benzene rings is 1. The van der Waals surface area contributed by atoms with Crippen LogP contribution in [0.4, 0.5) is 4.79 Å². The molecule has 0 radical (unpaired) electrons. The minimum atomic E-state index is -0.869. The van der Waals surface area contributed by atoms with Crippen LogP contribution in [0.2, 0.25) is 0 Å². The lowest BCUT2D eigenvalue weighted by molar-refractivity contribution is -0.139. The molecule has 1 aromatic rings. The number of imide groups is 1. The molecule has 0 spiro atoms. The molecule has 4 rings (SSSR count). The van der Waals surface area contributed by atoms with Gasteiger partial charge in [0, 0.05) is 24.6 Å². The highest BCUT2D eigenvalue weighted by Gasteiger charge is 2.56. The third-order valence-electron chi connectivity index (χ3n) is 6.27. The highest BCUT2D eigenvalue weighted by molar-refractivity contribution is 6.09. The summed E-state index contributed by atoms with van der Waals surface area (Å²) in [5.41, 5.74) is -0.169. The molecule has 7 heteroatoms. The van der Waals surface area contributed by atoms with Crippen molar-refractivity contribution in [3.8, 4) is 0 Å². The van der Waals surface area contributed by atoms with Crippen molar-refractivity contribution in [1.82, 2.24) is 15.1 Å². The monoisotopic (exact) mass is 383 g/mol. The van der Waals surface area contributed by atoms with Gasteiger partial charge in [-0.25, -0.2) is 4.79 Å². The Morgan fingerprint density at radius 1 is 1.07 bits per heavy atom. The number of urea groups is 1. The third-order valence-corrected chi connectivity index (χ3v) is 6.27. The van der Waals surface area contributed by atoms with E-state index in [1.165, 1.54) is 0 Å². The van der Waals surface area contributed by atoms with E-state index in [1.54, 1.807) is 11.8 Å². The van der Waals surface area contributed by atoms with E-state index in [9.17, 15) is 19.2 Å². The second-order valence-electron chi connectivity index (χ2n) is 8.18. The molecule has 0 bridgehead atoms. The van der Waals surface area contributed by atoms with Gasteiger partial charge in [-0.1, -0.05) is 30.3 Å². The Bertz CT molecular complexity index is 812. The Hall–Kier alpha value is -2.70. The van der Waals surface area contributed by atoms with Crippen molar-refractivity contribution in [2.24, 2.45) is 11.8 Å². The van der Waals surface area contributed by atoms with Crippen LogP contribution in [0.15, 0.2) is 30.3 Å². The molecule has 1 atom stereocenters. The first-order valence-corrected chi connectivity index (χ1v) is 9.91. The highest BCUT2D eigenvalue weighted by Crippen LogP contribution is 2.42. The molecule has 28 heavy (non-hydrogen) atoms. The van der Waals surface area contributed by atoms with Gasteiger partial charge < -0.3 is 10.2 Å². The molecule has 1 N–H and O–H groups in total. The van der Waals surface area contributed by atoms with E-state index >= 15 is 0 Å².